The van der Waals surface area contributed by atoms with Gasteiger partial charge in [-0.15, -0.1) is 0 Å². The van der Waals surface area contributed by atoms with E-state index < -0.39 is 142 Å². The Morgan fingerprint density at radius 3 is 0.833 bits per heavy atom. The SMILES string of the molecule is O=C(O)CC(=O)CCC(=O)CC(CO)(CC(=O)CCC(=O)CC(=O)O)CC(=O)CCC(=O)CC(=O)O. The fourth-order valence-corrected chi connectivity index (χ4v) is 3.48. The van der Waals surface area contributed by atoms with Gasteiger partial charge in [0.15, 0.2) is 0 Å². The summed E-state index contributed by atoms with van der Waals surface area (Å²) in [5.41, 5.74) is -1.63. The second-order valence-electron chi connectivity index (χ2n) is 8.63. The van der Waals surface area contributed by atoms with Crippen LogP contribution in [0.4, 0.5) is 0 Å². The molecule has 0 fully saturated rings. The number of aliphatic carboxylic acids is 3. The molecule has 4 N–H and O–H groups in total. The molecule has 200 valence electrons. The molecule has 13 nitrogen and oxygen atoms in total. The second-order valence-corrected chi connectivity index (χ2v) is 8.63. The molecule has 0 aromatic heterocycles. The zero-order valence-electron chi connectivity index (χ0n) is 19.7. The summed E-state index contributed by atoms with van der Waals surface area (Å²) >= 11 is 0. The number of ketones is 6. The first-order chi connectivity index (χ1) is 16.7. The third-order valence-electron chi connectivity index (χ3n) is 5.15. The molecule has 0 aliphatic rings. The van der Waals surface area contributed by atoms with Crippen molar-refractivity contribution in [3.05, 3.63) is 0 Å². The molecule has 13 heteroatoms. The zero-order valence-corrected chi connectivity index (χ0v) is 19.7. The molecule has 0 unspecified atom stereocenters. The molecule has 0 atom stereocenters. The summed E-state index contributed by atoms with van der Waals surface area (Å²) < 4.78 is 0. The van der Waals surface area contributed by atoms with Gasteiger partial charge >= 0.3 is 17.9 Å². The van der Waals surface area contributed by atoms with E-state index in [-0.39, 0.29) is 0 Å². The van der Waals surface area contributed by atoms with Crippen LogP contribution in [0, 0.1) is 5.41 Å². The van der Waals surface area contributed by atoms with Crippen molar-refractivity contribution in [2.24, 2.45) is 5.41 Å². The first kappa shape index (κ1) is 32.4. The van der Waals surface area contributed by atoms with Crippen molar-refractivity contribution in [1.82, 2.24) is 0 Å². The minimum atomic E-state index is -1.63. The number of hydrogen-bond acceptors (Lipinski definition) is 10. The van der Waals surface area contributed by atoms with Crippen LogP contribution in [0.2, 0.25) is 0 Å². The Kier molecular flexibility index (Phi) is 14.5. The van der Waals surface area contributed by atoms with Gasteiger partial charge in [-0.2, -0.15) is 0 Å². The summed E-state index contributed by atoms with van der Waals surface area (Å²) in [6.07, 6.45) is -6.36. The molecule has 0 heterocycles. The fourth-order valence-electron chi connectivity index (χ4n) is 3.48. The van der Waals surface area contributed by atoms with Crippen molar-refractivity contribution in [2.75, 3.05) is 6.61 Å². The molecular formula is C23H30O13. The van der Waals surface area contributed by atoms with Gasteiger partial charge in [-0.1, -0.05) is 0 Å². The first-order valence-electron chi connectivity index (χ1n) is 11.0. The molecule has 0 aromatic rings. The number of Topliss-reactive ketones (excluding diaryl/α,β-unsaturated/α-hetero) is 6. The molecule has 0 saturated heterocycles. The molecule has 0 aromatic carbocycles. The topological polar surface area (TPSA) is 235 Å². The number of aliphatic hydroxyl groups excluding tert-OH is 1. The summed E-state index contributed by atoms with van der Waals surface area (Å²) in [6, 6.07) is 0. The molecule has 0 bridgehead atoms. The number of carbonyl (C=O) groups is 9. The number of carbonyl (C=O) groups excluding carboxylic acids is 6. The molecule has 0 saturated carbocycles. The van der Waals surface area contributed by atoms with Gasteiger partial charge in [-0.05, 0) is 0 Å². The predicted octanol–water partition coefficient (Wildman–Crippen LogP) is 0.315. The van der Waals surface area contributed by atoms with Crippen LogP contribution in [0.1, 0.15) is 77.0 Å². The predicted molar refractivity (Wildman–Crippen MR) is 118 cm³/mol. The van der Waals surface area contributed by atoms with Crippen molar-refractivity contribution in [3.63, 3.8) is 0 Å². The Morgan fingerprint density at radius 1 is 0.417 bits per heavy atom. The number of hydrogen-bond donors (Lipinski definition) is 4. The quantitative estimate of drug-likeness (QED) is 0.143. The molecule has 0 rings (SSSR count). The van der Waals surface area contributed by atoms with Gasteiger partial charge in [0, 0.05) is 69.8 Å². The van der Waals surface area contributed by atoms with Gasteiger partial charge < -0.3 is 20.4 Å². The third kappa shape index (κ3) is 15.3. The average molecular weight is 514 g/mol. The van der Waals surface area contributed by atoms with Crippen LogP contribution >= 0.6 is 0 Å². The van der Waals surface area contributed by atoms with Gasteiger partial charge in [0.05, 0.1) is 0 Å². The summed E-state index contributed by atoms with van der Waals surface area (Å²) in [4.78, 5) is 104. The molecule has 0 aliphatic carbocycles. The highest BCUT2D eigenvalue weighted by atomic mass is 16.4. The Balaban J connectivity index is 5.38. The fraction of sp³-hybridized carbons (Fsp3) is 0.609. The van der Waals surface area contributed by atoms with E-state index in [4.69, 9.17) is 15.3 Å². The number of carboxylic acid groups (broad SMARTS) is 3. The van der Waals surface area contributed by atoms with Crippen LogP contribution in [0.25, 0.3) is 0 Å². The Hall–Kier alpha value is -3.61. The molecule has 0 aliphatic heterocycles. The smallest absolute Gasteiger partial charge is 0.310 e. The van der Waals surface area contributed by atoms with E-state index in [1.54, 1.807) is 0 Å². The van der Waals surface area contributed by atoms with E-state index in [2.05, 4.69) is 0 Å². The zero-order chi connectivity index (χ0) is 27.9. The van der Waals surface area contributed by atoms with Crippen molar-refractivity contribution < 1.29 is 63.6 Å². The number of aliphatic hydroxyl groups is 1. The molecule has 0 amide bonds. The largest absolute Gasteiger partial charge is 0.481 e. The van der Waals surface area contributed by atoms with Crippen LogP contribution in [-0.4, -0.2) is 79.6 Å². The average Bonchev–Trinajstić information content (AvgIpc) is 2.73. The third-order valence-corrected chi connectivity index (χ3v) is 5.15. The summed E-state index contributed by atoms with van der Waals surface area (Å²) in [5.74, 6) is -8.16. The van der Waals surface area contributed by atoms with Crippen molar-refractivity contribution in [3.8, 4) is 0 Å². The molecule has 36 heavy (non-hydrogen) atoms. The Labute approximate surface area is 205 Å². The Bertz CT molecular complexity index is 788. The highest BCUT2D eigenvalue weighted by Gasteiger charge is 2.36. The van der Waals surface area contributed by atoms with Gasteiger partial charge in [0.25, 0.3) is 0 Å². The van der Waals surface area contributed by atoms with Crippen LogP contribution in [-0.2, 0) is 43.2 Å². The van der Waals surface area contributed by atoms with E-state index in [1.165, 1.54) is 0 Å². The maximum absolute atomic E-state index is 12.5. The summed E-state index contributed by atoms with van der Waals surface area (Å²) in [5, 5.41) is 35.9. The highest BCUT2D eigenvalue weighted by Crippen LogP contribution is 2.34. The monoisotopic (exact) mass is 514 g/mol. The van der Waals surface area contributed by atoms with Crippen LogP contribution < -0.4 is 0 Å². The van der Waals surface area contributed by atoms with Crippen molar-refractivity contribution in [2.45, 2.75) is 77.0 Å². The Morgan fingerprint density at radius 2 is 0.639 bits per heavy atom. The summed E-state index contributed by atoms with van der Waals surface area (Å²) in [7, 11) is 0. The highest BCUT2D eigenvalue weighted by molar-refractivity contribution is 5.98. The normalized spacial score (nSPS) is 10.9. The van der Waals surface area contributed by atoms with Crippen LogP contribution in [0.5, 0.6) is 0 Å². The van der Waals surface area contributed by atoms with Crippen LogP contribution in [0.3, 0.4) is 0 Å². The lowest BCUT2D eigenvalue weighted by molar-refractivity contribution is -0.142. The number of rotatable bonds is 22. The lowest BCUT2D eigenvalue weighted by Gasteiger charge is -2.30. The minimum Gasteiger partial charge on any atom is -0.481 e. The van der Waals surface area contributed by atoms with Crippen molar-refractivity contribution in [1.29, 1.82) is 0 Å². The maximum atomic E-state index is 12.5. The summed E-state index contributed by atoms with van der Waals surface area (Å²) in [6.45, 7) is -0.828. The van der Waals surface area contributed by atoms with Gasteiger partial charge in [-0.3, -0.25) is 43.2 Å². The minimum absolute atomic E-state index is 0.398. The van der Waals surface area contributed by atoms with E-state index in [9.17, 15) is 48.3 Å². The van der Waals surface area contributed by atoms with E-state index >= 15 is 0 Å². The lowest BCUT2D eigenvalue weighted by Crippen LogP contribution is -2.34. The van der Waals surface area contributed by atoms with Crippen LogP contribution in [0.15, 0.2) is 0 Å². The standard InChI is InChI=1S/C23H30O13/c24-13-23(10-17(28)4-1-14(25)7-20(31)32,11-18(29)5-2-15(26)8-21(33)34)12-19(30)6-3-16(27)9-22(35)36/h24H,1-13H2,(H,31,32)(H,33,34)(H,35,36). The second kappa shape index (κ2) is 16.1. The molecule has 0 spiro atoms. The van der Waals surface area contributed by atoms with Gasteiger partial charge in [-0.25, -0.2) is 0 Å². The van der Waals surface area contributed by atoms with Gasteiger partial charge in [0.1, 0.15) is 54.0 Å². The lowest BCUT2D eigenvalue weighted by atomic mass is 9.73. The molecule has 0 radical (unpaired) electrons. The maximum Gasteiger partial charge on any atom is 0.310 e. The van der Waals surface area contributed by atoms with Gasteiger partial charge in [0.2, 0.25) is 0 Å². The van der Waals surface area contributed by atoms with E-state index in [1.807, 2.05) is 0 Å². The molecular weight excluding hydrogens is 484 g/mol. The van der Waals surface area contributed by atoms with Crippen molar-refractivity contribution >= 4 is 52.6 Å². The number of carboxylic acids is 3. The van der Waals surface area contributed by atoms with E-state index in [0.29, 0.717) is 0 Å². The first-order valence-corrected chi connectivity index (χ1v) is 11.0. The van der Waals surface area contributed by atoms with E-state index in [0.717, 1.165) is 0 Å².